The summed E-state index contributed by atoms with van der Waals surface area (Å²) in [6.07, 6.45) is 4.76. The van der Waals surface area contributed by atoms with Crippen LogP contribution in [0.25, 0.3) is 0 Å². The summed E-state index contributed by atoms with van der Waals surface area (Å²) in [6, 6.07) is 1.69. The van der Waals surface area contributed by atoms with E-state index in [0.717, 1.165) is 56.1 Å². The zero-order valence-electron chi connectivity index (χ0n) is 17.1. The van der Waals surface area contributed by atoms with E-state index in [0.29, 0.717) is 5.82 Å². The Labute approximate surface area is 173 Å². The third kappa shape index (κ3) is 5.02. The molecule has 0 saturated heterocycles. The maximum absolute atomic E-state index is 14.4. The predicted molar refractivity (Wildman–Crippen MR) is 104 cm³/mol. The third-order valence-electron chi connectivity index (χ3n) is 5.46. The molecular formula is C22H26F4N2O2. The predicted octanol–water partition coefficient (Wildman–Crippen LogP) is 6.36. The van der Waals surface area contributed by atoms with Gasteiger partial charge in [-0.1, -0.05) is 19.8 Å². The summed E-state index contributed by atoms with van der Waals surface area (Å²) < 4.78 is 66.4. The van der Waals surface area contributed by atoms with E-state index in [1.165, 1.54) is 12.8 Å². The van der Waals surface area contributed by atoms with E-state index in [9.17, 15) is 17.6 Å². The number of hydrogen-bond donors (Lipinski definition) is 0. The van der Waals surface area contributed by atoms with Crippen LogP contribution in [0.3, 0.4) is 0 Å². The van der Waals surface area contributed by atoms with Crippen molar-refractivity contribution in [3.63, 3.8) is 0 Å². The Balaban J connectivity index is 1.68. The lowest BCUT2D eigenvalue weighted by Crippen LogP contribution is -2.24. The SMILES string of the molecule is CCCC1CCC(c2ncc(OC(F)(F)c3ccc(OCC)c(F)c3F)cn2)CC1. The van der Waals surface area contributed by atoms with E-state index in [1.54, 1.807) is 6.92 Å². The van der Waals surface area contributed by atoms with Crippen LogP contribution >= 0.6 is 0 Å². The summed E-state index contributed by atoms with van der Waals surface area (Å²) in [5, 5.41) is 0. The molecule has 1 saturated carbocycles. The Hall–Kier alpha value is -2.38. The highest BCUT2D eigenvalue weighted by Gasteiger charge is 2.40. The fourth-order valence-corrected chi connectivity index (χ4v) is 3.93. The van der Waals surface area contributed by atoms with E-state index >= 15 is 0 Å². The van der Waals surface area contributed by atoms with Gasteiger partial charge in [-0.25, -0.2) is 14.4 Å². The van der Waals surface area contributed by atoms with Crippen molar-refractivity contribution in [1.82, 2.24) is 9.97 Å². The Morgan fingerprint density at radius 2 is 1.67 bits per heavy atom. The molecule has 3 rings (SSSR count). The summed E-state index contributed by atoms with van der Waals surface area (Å²) in [5.74, 6) is -2.43. The van der Waals surface area contributed by atoms with Crippen molar-refractivity contribution in [2.24, 2.45) is 5.92 Å². The molecule has 0 N–H and O–H groups in total. The highest BCUT2D eigenvalue weighted by molar-refractivity contribution is 5.33. The molecule has 164 valence electrons. The minimum Gasteiger partial charge on any atom is -0.491 e. The first kappa shape index (κ1) is 22.3. The van der Waals surface area contributed by atoms with Gasteiger partial charge in [-0.3, -0.25) is 0 Å². The standard InChI is InChI=1S/C22H26F4N2O2/c1-3-5-14-6-8-15(9-7-14)21-27-12-16(13-28-21)30-22(25,26)17-10-11-18(29-4-2)20(24)19(17)23/h10-15H,3-9H2,1-2H3. The highest BCUT2D eigenvalue weighted by Crippen LogP contribution is 2.38. The molecule has 1 aromatic carbocycles. The molecule has 4 nitrogen and oxygen atoms in total. The van der Waals surface area contributed by atoms with Crippen LogP contribution in [-0.4, -0.2) is 16.6 Å². The van der Waals surface area contributed by atoms with Gasteiger partial charge in [-0.15, -0.1) is 0 Å². The quantitative estimate of drug-likeness (QED) is 0.461. The lowest BCUT2D eigenvalue weighted by molar-refractivity contribution is -0.188. The van der Waals surface area contributed by atoms with Crippen molar-refractivity contribution >= 4 is 0 Å². The molecule has 1 aliphatic carbocycles. The number of rotatable bonds is 8. The third-order valence-corrected chi connectivity index (χ3v) is 5.46. The molecule has 1 heterocycles. The fraction of sp³-hybridized carbons (Fsp3) is 0.545. The maximum atomic E-state index is 14.4. The molecular weight excluding hydrogens is 400 g/mol. The first-order valence-corrected chi connectivity index (χ1v) is 10.4. The largest absolute Gasteiger partial charge is 0.491 e. The van der Waals surface area contributed by atoms with Crippen molar-refractivity contribution in [2.45, 2.75) is 64.4 Å². The van der Waals surface area contributed by atoms with E-state index in [1.807, 2.05) is 0 Å². The van der Waals surface area contributed by atoms with Crippen LogP contribution in [0, 0.1) is 17.6 Å². The van der Waals surface area contributed by atoms with Gasteiger partial charge >= 0.3 is 6.11 Å². The normalized spacial score (nSPS) is 19.5. The van der Waals surface area contributed by atoms with Crippen LogP contribution in [0.2, 0.25) is 0 Å². The van der Waals surface area contributed by atoms with E-state index in [-0.39, 0.29) is 18.3 Å². The Kier molecular flexibility index (Phi) is 7.15. The number of benzene rings is 1. The van der Waals surface area contributed by atoms with Crippen LogP contribution in [0.15, 0.2) is 24.5 Å². The van der Waals surface area contributed by atoms with Crippen molar-refractivity contribution in [3.8, 4) is 11.5 Å². The number of halogens is 4. The molecule has 0 atom stereocenters. The smallest absolute Gasteiger partial charge is 0.429 e. The first-order chi connectivity index (χ1) is 14.4. The Bertz CT molecular complexity index is 838. The van der Waals surface area contributed by atoms with Crippen LogP contribution in [0.1, 0.15) is 69.7 Å². The fourth-order valence-electron chi connectivity index (χ4n) is 3.93. The van der Waals surface area contributed by atoms with E-state index < -0.39 is 29.1 Å². The van der Waals surface area contributed by atoms with Gasteiger partial charge in [-0.05, 0) is 50.7 Å². The van der Waals surface area contributed by atoms with Crippen molar-refractivity contribution in [3.05, 3.63) is 47.5 Å². The summed E-state index contributed by atoms with van der Waals surface area (Å²) in [4.78, 5) is 8.34. The second-order valence-electron chi connectivity index (χ2n) is 7.57. The minimum absolute atomic E-state index is 0.0759. The summed E-state index contributed by atoms with van der Waals surface area (Å²) in [6.45, 7) is 3.83. The number of nitrogens with zero attached hydrogens (tertiary/aromatic N) is 2. The van der Waals surface area contributed by atoms with E-state index in [4.69, 9.17) is 4.74 Å². The monoisotopic (exact) mass is 426 g/mol. The van der Waals surface area contributed by atoms with Gasteiger partial charge in [-0.2, -0.15) is 13.2 Å². The molecule has 1 aliphatic rings. The molecule has 0 spiro atoms. The molecule has 0 aliphatic heterocycles. The molecule has 1 fully saturated rings. The number of aromatic nitrogens is 2. The van der Waals surface area contributed by atoms with Crippen molar-refractivity contribution < 1.29 is 27.0 Å². The molecule has 0 bridgehead atoms. The zero-order valence-corrected chi connectivity index (χ0v) is 17.1. The zero-order chi connectivity index (χ0) is 21.7. The van der Waals surface area contributed by atoms with Crippen LogP contribution in [0.5, 0.6) is 11.5 Å². The average Bonchev–Trinajstić information content (AvgIpc) is 2.73. The summed E-state index contributed by atoms with van der Waals surface area (Å²) in [5.41, 5.74) is -1.22. The lowest BCUT2D eigenvalue weighted by Gasteiger charge is -2.27. The van der Waals surface area contributed by atoms with Gasteiger partial charge in [0.2, 0.25) is 5.82 Å². The van der Waals surface area contributed by atoms with Crippen LogP contribution in [-0.2, 0) is 6.11 Å². The number of alkyl halides is 2. The highest BCUT2D eigenvalue weighted by atomic mass is 19.3. The van der Waals surface area contributed by atoms with Gasteiger partial charge in [0, 0.05) is 5.92 Å². The first-order valence-electron chi connectivity index (χ1n) is 10.4. The second kappa shape index (κ2) is 9.62. The molecule has 30 heavy (non-hydrogen) atoms. The number of ether oxygens (including phenoxy) is 2. The van der Waals surface area contributed by atoms with Crippen LogP contribution < -0.4 is 9.47 Å². The topological polar surface area (TPSA) is 44.2 Å². The molecule has 0 radical (unpaired) electrons. The van der Waals surface area contributed by atoms with Gasteiger partial charge in [0.25, 0.3) is 0 Å². The molecule has 0 amide bonds. The summed E-state index contributed by atoms with van der Waals surface area (Å²) >= 11 is 0. The molecule has 8 heteroatoms. The lowest BCUT2D eigenvalue weighted by atomic mass is 9.80. The number of hydrogen-bond acceptors (Lipinski definition) is 4. The molecule has 2 aromatic rings. The summed E-state index contributed by atoms with van der Waals surface area (Å²) in [7, 11) is 0. The van der Waals surface area contributed by atoms with Gasteiger partial charge in [0.1, 0.15) is 11.4 Å². The molecule has 1 aromatic heterocycles. The maximum Gasteiger partial charge on any atom is 0.429 e. The second-order valence-corrected chi connectivity index (χ2v) is 7.57. The Morgan fingerprint density at radius 1 is 1.00 bits per heavy atom. The van der Waals surface area contributed by atoms with Crippen LogP contribution in [0.4, 0.5) is 17.6 Å². The van der Waals surface area contributed by atoms with Crippen molar-refractivity contribution in [2.75, 3.05) is 6.61 Å². The molecule has 0 unspecified atom stereocenters. The minimum atomic E-state index is -4.10. The van der Waals surface area contributed by atoms with Crippen molar-refractivity contribution in [1.29, 1.82) is 0 Å². The average molecular weight is 426 g/mol. The van der Waals surface area contributed by atoms with Gasteiger partial charge in [0.05, 0.1) is 19.0 Å². The Morgan fingerprint density at radius 3 is 2.27 bits per heavy atom. The van der Waals surface area contributed by atoms with Gasteiger partial charge < -0.3 is 9.47 Å². The van der Waals surface area contributed by atoms with Gasteiger partial charge in [0.15, 0.2) is 17.3 Å². The van der Waals surface area contributed by atoms with E-state index in [2.05, 4.69) is 21.6 Å².